The number of carboxylic acid groups (broad SMARTS) is 1. The highest BCUT2D eigenvalue weighted by Gasteiger charge is 2.70. The molecule has 0 saturated heterocycles. The van der Waals surface area contributed by atoms with Crippen LogP contribution in [0.3, 0.4) is 0 Å². The lowest BCUT2D eigenvalue weighted by molar-refractivity contribution is -0.236. The van der Waals surface area contributed by atoms with Gasteiger partial charge in [-0.05, 0) is 146 Å². The fourth-order valence-corrected chi connectivity index (χ4v) is 15.6. The number of allylic oxidation sites excluding steroid dienone is 2. The minimum absolute atomic E-state index is 0.00753. The topological polar surface area (TPSA) is 110 Å². The molecule has 57 heavy (non-hydrogen) atoms. The first-order valence-corrected chi connectivity index (χ1v) is 22.7. The van der Waals surface area contributed by atoms with Gasteiger partial charge >= 0.3 is 11.9 Å². The Morgan fingerprint density at radius 1 is 0.825 bits per heavy atom. The van der Waals surface area contributed by atoms with Crippen LogP contribution in [0.4, 0.5) is 0 Å². The van der Waals surface area contributed by atoms with Crippen LogP contribution < -0.4 is 5.32 Å². The molecule has 0 bridgehead atoms. The summed E-state index contributed by atoms with van der Waals surface area (Å²) >= 11 is 6.25. The van der Waals surface area contributed by atoms with E-state index in [2.05, 4.69) is 65.9 Å². The van der Waals surface area contributed by atoms with Crippen LogP contribution in [0.15, 0.2) is 35.4 Å². The van der Waals surface area contributed by atoms with Crippen molar-refractivity contribution in [2.45, 2.75) is 164 Å². The van der Waals surface area contributed by atoms with Crippen LogP contribution in [-0.4, -0.2) is 34.8 Å². The summed E-state index contributed by atoms with van der Waals surface area (Å²) in [7, 11) is 0. The Labute approximate surface area is 346 Å². The highest BCUT2D eigenvalue weighted by atomic mass is 35.5. The van der Waals surface area contributed by atoms with Crippen molar-refractivity contribution < 1.29 is 29.0 Å². The molecule has 0 unspecified atom stereocenters. The van der Waals surface area contributed by atoms with Gasteiger partial charge < -0.3 is 15.2 Å². The van der Waals surface area contributed by atoms with E-state index in [4.69, 9.17) is 16.3 Å². The van der Waals surface area contributed by atoms with Crippen molar-refractivity contribution >= 4 is 35.2 Å². The van der Waals surface area contributed by atoms with Gasteiger partial charge in [0.25, 0.3) is 0 Å². The molecule has 1 amide bonds. The minimum atomic E-state index is -0.830. The van der Waals surface area contributed by atoms with Crippen LogP contribution >= 0.6 is 11.6 Å². The monoisotopic (exact) mass is 801 g/mol. The third kappa shape index (κ3) is 5.82. The fourth-order valence-electron chi connectivity index (χ4n) is 15.5. The molecule has 0 radical (unpaired) electrons. The third-order valence-electron chi connectivity index (χ3n) is 19.1. The molecule has 10 atom stereocenters. The zero-order chi connectivity index (χ0) is 41.3. The minimum Gasteiger partial charge on any atom is -0.481 e. The summed E-state index contributed by atoms with van der Waals surface area (Å²) in [5, 5.41) is 13.9. The highest BCUT2D eigenvalue weighted by molar-refractivity contribution is 6.30. The quantitative estimate of drug-likeness (QED) is 0.253. The van der Waals surface area contributed by atoms with Crippen LogP contribution in [0.25, 0.3) is 0 Å². The van der Waals surface area contributed by atoms with Gasteiger partial charge in [-0.1, -0.05) is 91.6 Å². The second kappa shape index (κ2) is 13.4. The van der Waals surface area contributed by atoms with Crippen LogP contribution in [0.5, 0.6) is 0 Å². The molecule has 6 fully saturated rings. The van der Waals surface area contributed by atoms with Gasteiger partial charge in [0.1, 0.15) is 6.10 Å². The maximum atomic E-state index is 14.4. The molecule has 0 spiro atoms. The number of amides is 1. The lowest BCUT2D eigenvalue weighted by atomic mass is 9.33. The molecule has 2 N–H and O–H groups in total. The van der Waals surface area contributed by atoms with E-state index in [1.807, 2.05) is 26.0 Å². The van der Waals surface area contributed by atoms with Gasteiger partial charge in [-0.2, -0.15) is 0 Å². The summed E-state index contributed by atoms with van der Waals surface area (Å²) in [6, 6.07) is 7.93. The maximum absolute atomic E-state index is 14.4. The Kier molecular flexibility index (Phi) is 9.67. The van der Waals surface area contributed by atoms with Gasteiger partial charge in [0.15, 0.2) is 5.78 Å². The number of ether oxygens (including phenoxy) is 1. The highest BCUT2D eigenvalue weighted by Crippen LogP contribution is 2.77. The van der Waals surface area contributed by atoms with Crippen LogP contribution in [0.2, 0.25) is 5.02 Å². The van der Waals surface area contributed by atoms with Gasteiger partial charge in [0, 0.05) is 28.7 Å². The summed E-state index contributed by atoms with van der Waals surface area (Å²) in [5.41, 5.74) is 1.98. The van der Waals surface area contributed by atoms with E-state index >= 15 is 0 Å². The van der Waals surface area contributed by atoms with Crippen molar-refractivity contribution in [1.29, 1.82) is 0 Å². The number of rotatable bonds is 8. The summed E-state index contributed by atoms with van der Waals surface area (Å²) < 4.78 is 6.43. The Morgan fingerprint density at radius 2 is 1.51 bits per heavy atom. The first kappa shape index (κ1) is 41.1. The summed E-state index contributed by atoms with van der Waals surface area (Å²) in [6.07, 6.45) is 11.9. The van der Waals surface area contributed by atoms with E-state index in [1.165, 1.54) is 5.57 Å². The molecule has 0 aliphatic heterocycles. The third-order valence-corrected chi connectivity index (χ3v) is 19.4. The molecule has 1 aromatic rings. The predicted octanol–water partition coefficient (Wildman–Crippen LogP) is 10.9. The van der Waals surface area contributed by atoms with Crippen molar-refractivity contribution in [3.8, 4) is 0 Å². The largest absolute Gasteiger partial charge is 0.481 e. The van der Waals surface area contributed by atoms with Gasteiger partial charge in [0.2, 0.25) is 5.91 Å². The number of aliphatic carboxylic acids is 1. The van der Waals surface area contributed by atoms with Gasteiger partial charge in [0.05, 0.1) is 17.4 Å². The Morgan fingerprint density at radius 3 is 2.11 bits per heavy atom. The van der Waals surface area contributed by atoms with Crippen LogP contribution in [-0.2, 0) is 29.5 Å². The lowest BCUT2D eigenvalue weighted by Crippen LogP contribution is -2.66. The van der Waals surface area contributed by atoms with Crippen molar-refractivity contribution in [3.05, 3.63) is 46.0 Å². The molecule has 8 rings (SSSR count). The Balaban J connectivity index is 1.04. The number of fused-ring (bicyclic) bond motifs is 7. The molecular formula is C49H68ClNO6. The molecule has 312 valence electrons. The van der Waals surface area contributed by atoms with E-state index < -0.39 is 22.7 Å². The maximum Gasteiger partial charge on any atom is 0.309 e. The molecule has 7 nitrogen and oxygen atoms in total. The standard InChI is InChI=1S/C49H68ClNO6/c1-28(2)39-34(52)26-48(27-38(53)51-49(19-10-20-49)29-11-13-30(50)14-12-29)24-23-46(8)31(40(39)48)15-16-36-45(7)21-18-37(44(5,6)35(45)17-22-47(36,46)9)57-42(56)33-25-32(41(54)55)43(33,3)4/h11-14,28,31-33,35-37H,10,15-27H2,1-9H3,(H,51,53)(H,54,55)/t31-,32+,33-,35+,36-,37+,45+,46-,47-,48+/m1/s1. The van der Waals surface area contributed by atoms with E-state index in [0.29, 0.717) is 36.1 Å². The number of Topliss-reactive ketones (excluding diaryl/α,β-unsaturated/α-hetero) is 1. The van der Waals surface area contributed by atoms with Crippen LogP contribution in [0, 0.1) is 68.0 Å². The number of hydrogen-bond acceptors (Lipinski definition) is 5. The van der Waals surface area contributed by atoms with E-state index in [0.717, 1.165) is 81.8 Å². The lowest BCUT2D eigenvalue weighted by Gasteiger charge is -2.72. The number of carbonyl (C=O) groups is 4. The smallest absolute Gasteiger partial charge is 0.309 e. The fraction of sp³-hybridized carbons (Fsp3) is 0.755. The SMILES string of the molecule is CC(C)C1=C2[C@H]3CC[C@@H]4[C@@]5(C)CC[C@H](OC(=O)[C@H]6C[C@@H](C(=O)O)C6(C)C)C(C)(C)[C@@H]5CC[C@@]4(C)[C@]3(C)CC[C@@]2(CC(=O)NC2(c3ccc(Cl)cc3)CCC2)CC1=O. The number of halogens is 1. The number of ketones is 1. The second-order valence-electron chi connectivity index (χ2n) is 22.4. The average molecular weight is 803 g/mol. The van der Waals surface area contributed by atoms with Crippen LogP contribution in [0.1, 0.15) is 158 Å². The number of carboxylic acids is 1. The van der Waals surface area contributed by atoms with Gasteiger partial charge in [-0.25, -0.2) is 0 Å². The number of nitrogens with one attached hydrogen (secondary N) is 1. The van der Waals surface area contributed by atoms with Gasteiger partial charge in [-0.3, -0.25) is 19.2 Å². The average Bonchev–Trinajstić information content (AvgIpc) is 3.39. The number of hydrogen-bond donors (Lipinski definition) is 2. The zero-order valence-electron chi connectivity index (χ0n) is 36.1. The molecular weight excluding hydrogens is 734 g/mol. The summed E-state index contributed by atoms with van der Waals surface area (Å²) in [5.74, 6) is -0.350. The van der Waals surface area contributed by atoms with Gasteiger partial charge in [-0.15, -0.1) is 0 Å². The Bertz CT molecular complexity index is 1890. The molecule has 7 aliphatic carbocycles. The number of carbonyl (C=O) groups excluding carboxylic acids is 3. The number of benzene rings is 1. The molecule has 7 aliphatic rings. The van der Waals surface area contributed by atoms with Crippen molar-refractivity contribution in [3.63, 3.8) is 0 Å². The van der Waals surface area contributed by atoms with Crippen molar-refractivity contribution in [2.75, 3.05) is 0 Å². The first-order valence-electron chi connectivity index (χ1n) is 22.3. The number of esters is 1. The van der Waals surface area contributed by atoms with E-state index in [9.17, 15) is 24.3 Å². The zero-order valence-corrected chi connectivity index (χ0v) is 36.9. The first-order chi connectivity index (χ1) is 26.6. The van der Waals surface area contributed by atoms with E-state index in [1.54, 1.807) is 0 Å². The Hall–Kier alpha value is -2.67. The second-order valence-corrected chi connectivity index (χ2v) is 22.9. The normalized spacial score (nSPS) is 41.1. The molecule has 0 heterocycles. The van der Waals surface area contributed by atoms with Crippen molar-refractivity contribution in [1.82, 2.24) is 5.32 Å². The molecule has 8 heteroatoms. The molecule has 0 aromatic heterocycles. The summed E-state index contributed by atoms with van der Waals surface area (Å²) in [6.45, 7) is 20.5. The predicted molar refractivity (Wildman–Crippen MR) is 222 cm³/mol. The van der Waals surface area contributed by atoms with E-state index in [-0.39, 0.29) is 68.7 Å². The summed E-state index contributed by atoms with van der Waals surface area (Å²) in [4.78, 5) is 54.0. The van der Waals surface area contributed by atoms with Crippen molar-refractivity contribution in [2.24, 2.45) is 68.0 Å². The molecule has 1 aromatic carbocycles. The molecule has 6 saturated carbocycles.